The molecule has 0 saturated carbocycles. The zero-order chi connectivity index (χ0) is 16.1. The summed E-state index contributed by atoms with van der Waals surface area (Å²) in [5.74, 6) is 0.483. The third-order valence-electron chi connectivity index (χ3n) is 4.18. The van der Waals surface area contributed by atoms with Crippen molar-refractivity contribution in [3.8, 4) is 11.3 Å². The van der Waals surface area contributed by atoms with Crippen LogP contribution in [-0.2, 0) is 4.74 Å². The average molecular weight is 311 g/mol. The first-order valence-electron chi connectivity index (χ1n) is 7.92. The van der Waals surface area contributed by atoms with E-state index in [0.29, 0.717) is 18.1 Å². The fraction of sp³-hybridized carbons (Fsp3) is 0.389. The summed E-state index contributed by atoms with van der Waals surface area (Å²) in [4.78, 5) is 23.0. The summed E-state index contributed by atoms with van der Waals surface area (Å²) in [7, 11) is 1.71. The summed E-state index contributed by atoms with van der Waals surface area (Å²) in [6, 6.07) is 7.55. The fourth-order valence-corrected chi connectivity index (χ4v) is 3.01. The van der Waals surface area contributed by atoms with Crippen molar-refractivity contribution in [2.45, 2.75) is 12.8 Å². The number of hydrogen-bond acceptors (Lipinski definition) is 4. The Morgan fingerprint density at radius 1 is 1.35 bits per heavy atom. The van der Waals surface area contributed by atoms with Gasteiger partial charge in [0, 0.05) is 44.4 Å². The highest BCUT2D eigenvalue weighted by atomic mass is 16.5. The van der Waals surface area contributed by atoms with E-state index in [0.717, 1.165) is 37.2 Å². The number of amides is 1. The number of aromatic nitrogens is 2. The Labute approximate surface area is 136 Å². The number of methoxy groups -OCH3 is 1. The monoisotopic (exact) mass is 311 g/mol. The number of likely N-dealkylation sites (tertiary alicyclic amines) is 1. The van der Waals surface area contributed by atoms with Gasteiger partial charge in [-0.05, 0) is 43.0 Å². The molecular weight excluding hydrogens is 290 g/mol. The Balaban J connectivity index is 1.70. The topological polar surface area (TPSA) is 55.3 Å². The molecule has 1 fully saturated rings. The van der Waals surface area contributed by atoms with Gasteiger partial charge in [-0.15, -0.1) is 0 Å². The maximum atomic E-state index is 12.6. The molecule has 120 valence electrons. The summed E-state index contributed by atoms with van der Waals surface area (Å²) in [6.45, 7) is 2.28. The van der Waals surface area contributed by atoms with E-state index in [1.807, 2.05) is 29.2 Å². The molecule has 5 nitrogen and oxygen atoms in total. The van der Waals surface area contributed by atoms with Crippen LogP contribution in [0.2, 0.25) is 0 Å². The van der Waals surface area contributed by atoms with E-state index in [-0.39, 0.29) is 5.91 Å². The molecule has 0 radical (unpaired) electrons. The van der Waals surface area contributed by atoms with Crippen molar-refractivity contribution in [2.75, 3.05) is 26.8 Å². The first-order chi connectivity index (χ1) is 11.3. The number of nitrogens with zero attached hydrogens (tertiary/aromatic N) is 3. The second-order valence-corrected chi connectivity index (χ2v) is 5.89. The summed E-state index contributed by atoms with van der Waals surface area (Å²) in [5, 5.41) is 0. The predicted octanol–water partition coefficient (Wildman–Crippen LogP) is 2.64. The molecule has 1 atom stereocenters. The molecule has 0 unspecified atom stereocenters. The Kier molecular flexibility index (Phi) is 4.98. The lowest BCUT2D eigenvalue weighted by atomic mass is 9.98. The van der Waals surface area contributed by atoms with Gasteiger partial charge in [-0.3, -0.25) is 14.8 Å². The van der Waals surface area contributed by atoms with E-state index in [4.69, 9.17) is 4.74 Å². The second-order valence-electron chi connectivity index (χ2n) is 5.89. The van der Waals surface area contributed by atoms with Crippen molar-refractivity contribution in [1.29, 1.82) is 0 Å². The molecular formula is C18H21N3O2. The van der Waals surface area contributed by atoms with E-state index in [1.165, 1.54) is 0 Å². The number of ether oxygens (including phenoxy) is 1. The highest BCUT2D eigenvalue weighted by Crippen LogP contribution is 2.20. The van der Waals surface area contributed by atoms with Crippen LogP contribution in [0.1, 0.15) is 23.2 Å². The third kappa shape index (κ3) is 3.74. The largest absolute Gasteiger partial charge is 0.384 e. The van der Waals surface area contributed by atoms with Gasteiger partial charge in [-0.2, -0.15) is 0 Å². The minimum Gasteiger partial charge on any atom is -0.384 e. The van der Waals surface area contributed by atoms with Crippen LogP contribution >= 0.6 is 0 Å². The molecule has 2 aromatic rings. The number of carbonyl (C=O) groups excluding carboxylic acids is 1. The van der Waals surface area contributed by atoms with Crippen LogP contribution in [0.25, 0.3) is 11.3 Å². The van der Waals surface area contributed by atoms with Gasteiger partial charge in [-0.25, -0.2) is 0 Å². The lowest BCUT2D eigenvalue weighted by molar-refractivity contribution is 0.0570. The van der Waals surface area contributed by atoms with Crippen LogP contribution in [-0.4, -0.2) is 47.6 Å². The van der Waals surface area contributed by atoms with Gasteiger partial charge in [0.15, 0.2) is 0 Å². The number of rotatable bonds is 4. The molecule has 3 heterocycles. The van der Waals surface area contributed by atoms with E-state index >= 15 is 0 Å². The Morgan fingerprint density at radius 3 is 2.96 bits per heavy atom. The number of pyridine rings is 2. The van der Waals surface area contributed by atoms with Crippen molar-refractivity contribution in [1.82, 2.24) is 14.9 Å². The van der Waals surface area contributed by atoms with Gasteiger partial charge >= 0.3 is 0 Å². The Bertz CT molecular complexity index is 641. The molecule has 0 N–H and O–H groups in total. The van der Waals surface area contributed by atoms with Gasteiger partial charge in [0.05, 0.1) is 17.9 Å². The summed E-state index contributed by atoms with van der Waals surface area (Å²) in [6.07, 6.45) is 7.30. The van der Waals surface area contributed by atoms with Gasteiger partial charge in [0.1, 0.15) is 0 Å². The predicted molar refractivity (Wildman–Crippen MR) is 88.0 cm³/mol. The van der Waals surface area contributed by atoms with Gasteiger partial charge < -0.3 is 9.64 Å². The van der Waals surface area contributed by atoms with Gasteiger partial charge in [0.2, 0.25) is 0 Å². The minimum absolute atomic E-state index is 0.0519. The van der Waals surface area contributed by atoms with Crippen molar-refractivity contribution < 1.29 is 9.53 Å². The zero-order valence-corrected chi connectivity index (χ0v) is 13.3. The molecule has 1 saturated heterocycles. The summed E-state index contributed by atoms with van der Waals surface area (Å²) < 4.78 is 5.22. The van der Waals surface area contributed by atoms with Crippen molar-refractivity contribution in [2.24, 2.45) is 5.92 Å². The van der Waals surface area contributed by atoms with E-state index in [9.17, 15) is 4.79 Å². The molecule has 1 amide bonds. The normalized spacial score (nSPS) is 18.0. The van der Waals surface area contributed by atoms with E-state index in [2.05, 4.69) is 9.97 Å². The van der Waals surface area contributed by atoms with Gasteiger partial charge in [0.25, 0.3) is 5.91 Å². The molecule has 0 bridgehead atoms. The lowest BCUT2D eigenvalue weighted by Crippen LogP contribution is -2.41. The van der Waals surface area contributed by atoms with Crippen LogP contribution in [0.3, 0.4) is 0 Å². The van der Waals surface area contributed by atoms with Crippen LogP contribution in [0.15, 0.2) is 42.9 Å². The summed E-state index contributed by atoms with van der Waals surface area (Å²) in [5.41, 5.74) is 2.41. The van der Waals surface area contributed by atoms with Crippen LogP contribution in [0, 0.1) is 5.92 Å². The Morgan fingerprint density at radius 2 is 2.26 bits per heavy atom. The van der Waals surface area contributed by atoms with Gasteiger partial charge in [-0.1, -0.05) is 0 Å². The maximum absolute atomic E-state index is 12.6. The standard InChI is InChI=1S/C18H21N3O2/c1-23-13-14-4-3-9-21(12-14)18(22)16-6-7-17(20-11-16)15-5-2-8-19-10-15/h2,5-8,10-11,14H,3-4,9,12-13H2,1H3/t14-/m1/s1. The molecule has 23 heavy (non-hydrogen) atoms. The molecule has 3 rings (SSSR count). The number of hydrogen-bond donors (Lipinski definition) is 0. The molecule has 0 aliphatic carbocycles. The zero-order valence-electron chi connectivity index (χ0n) is 13.3. The minimum atomic E-state index is 0.0519. The third-order valence-corrected chi connectivity index (χ3v) is 4.18. The molecule has 5 heteroatoms. The molecule has 2 aromatic heterocycles. The molecule has 1 aliphatic rings. The highest BCUT2D eigenvalue weighted by molar-refractivity contribution is 5.94. The molecule has 0 aromatic carbocycles. The Hall–Kier alpha value is -2.27. The summed E-state index contributed by atoms with van der Waals surface area (Å²) >= 11 is 0. The second kappa shape index (κ2) is 7.33. The molecule has 0 spiro atoms. The quantitative estimate of drug-likeness (QED) is 0.871. The first-order valence-corrected chi connectivity index (χ1v) is 7.92. The van der Waals surface area contributed by atoms with Crippen LogP contribution < -0.4 is 0 Å². The van der Waals surface area contributed by atoms with Crippen LogP contribution in [0.4, 0.5) is 0 Å². The number of piperidine rings is 1. The smallest absolute Gasteiger partial charge is 0.255 e. The van der Waals surface area contributed by atoms with Crippen molar-refractivity contribution >= 4 is 5.91 Å². The SMILES string of the molecule is COC[C@@H]1CCCN(C(=O)c2ccc(-c3cccnc3)nc2)C1. The van der Waals surface area contributed by atoms with E-state index < -0.39 is 0 Å². The van der Waals surface area contributed by atoms with Crippen molar-refractivity contribution in [3.63, 3.8) is 0 Å². The van der Waals surface area contributed by atoms with Crippen LogP contribution in [0.5, 0.6) is 0 Å². The average Bonchev–Trinajstić information content (AvgIpc) is 2.62. The molecule has 1 aliphatic heterocycles. The lowest BCUT2D eigenvalue weighted by Gasteiger charge is -2.32. The number of carbonyl (C=O) groups is 1. The fourth-order valence-electron chi connectivity index (χ4n) is 3.01. The first kappa shape index (κ1) is 15.6. The van der Waals surface area contributed by atoms with E-state index in [1.54, 1.807) is 25.7 Å². The highest BCUT2D eigenvalue weighted by Gasteiger charge is 2.24. The van der Waals surface area contributed by atoms with Crippen molar-refractivity contribution in [3.05, 3.63) is 48.4 Å². The maximum Gasteiger partial charge on any atom is 0.255 e.